The van der Waals surface area contributed by atoms with Crippen LogP contribution < -0.4 is 4.74 Å². The van der Waals surface area contributed by atoms with Gasteiger partial charge in [-0.25, -0.2) is 4.98 Å². The molecule has 1 atom stereocenters. The summed E-state index contributed by atoms with van der Waals surface area (Å²) >= 11 is 0. The van der Waals surface area contributed by atoms with Gasteiger partial charge in [0.2, 0.25) is 0 Å². The third-order valence-electron chi connectivity index (χ3n) is 4.33. The van der Waals surface area contributed by atoms with E-state index in [9.17, 15) is 9.42 Å². The quantitative estimate of drug-likeness (QED) is 0.621. The summed E-state index contributed by atoms with van der Waals surface area (Å²) in [7, 11) is -1.10. The Balaban J connectivity index is 2.20. The summed E-state index contributed by atoms with van der Waals surface area (Å²) in [6, 6.07) is 9.48. The van der Waals surface area contributed by atoms with Gasteiger partial charge in [-0.2, -0.15) is 4.73 Å². The molecule has 0 aliphatic carbocycles. The topological polar surface area (TPSA) is 64.3 Å². The maximum atomic E-state index is 12.7. The number of fused-ring (bicyclic) bond motifs is 1. The number of nitrogens with zero attached hydrogens (tertiary/aromatic N) is 2. The van der Waals surface area contributed by atoms with Crippen LogP contribution in [0.3, 0.4) is 0 Å². The van der Waals surface area contributed by atoms with E-state index in [0.29, 0.717) is 24.0 Å². The zero-order chi connectivity index (χ0) is 19.7. The van der Waals surface area contributed by atoms with Crippen LogP contribution in [-0.2, 0) is 10.8 Å². The van der Waals surface area contributed by atoms with E-state index >= 15 is 0 Å². The van der Waals surface area contributed by atoms with Gasteiger partial charge in [-0.05, 0) is 48.7 Å². The number of benzene rings is 1. The van der Waals surface area contributed by atoms with Crippen LogP contribution >= 0.6 is 0 Å². The zero-order valence-electron chi connectivity index (χ0n) is 16.4. The van der Waals surface area contributed by atoms with Crippen molar-refractivity contribution in [3.8, 4) is 28.3 Å². The standard InChI is InChI=1S/C21H26N2O3S/c1-13(2)12-26-20-7-6-16(27(25)14(3)4)11-19(20)18-10-15(5)23(24)21-17(18)8-9-22-21/h6-11,13-14,24H,12H2,1-5H3. The van der Waals surface area contributed by atoms with Gasteiger partial charge in [-0.15, -0.1) is 0 Å². The van der Waals surface area contributed by atoms with Crippen LogP contribution in [0, 0.1) is 12.8 Å². The van der Waals surface area contributed by atoms with Gasteiger partial charge in [0.15, 0.2) is 5.82 Å². The Labute approximate surface area is 162 Å². The Morgan fingerprint density at radius 3 is 2.52 bits per heavy atom. The van der Waals surface area contributed by atoms with E-state index < -0.39 is 10.8 Å². The molecule has 0 radical (unpaired) electrons. The third kappa shape index (κ3) is 3.86. The fourth-order valence-electron chi connectivity index (χ4n) is 2.94. The van der Waals surface area contributed by atoms with Gasteiger partial charge < -0.3 is 9.94 Å². The Hall–Kier alpha value is -2.34. The highest BCUT2D eigenvalue weighted by Crippen LogP contribution is 2.40. The minimum absolute atomic E-state index is 0.0259. The lowest BCUT2D eigenvalue weighted by Crippen LogP contribution is -2.09. The summed E-state index contributed by atoms with van der Waals surface area (Å²) in [5, 5.41) is 10.3. The fraction of sp³-hybridized carbons (Fsp3) is 0.381. The van der Waals surface area contributed by atoms with Gasteiger partial charge in [0.1, 0.15) is 5.75 Å². The number of hydrogen-bond donors (Lipinski definition) is 1. The maximum absolute atomic E-state index is 12.7. The molecule has 0 fully saturated rings. The molecule has 3 rings (SSSR count). The Kier molecular flexibility index (Phi) is 5.56. The van der Waals surface area contributed by atoms with Crippen LogP contribution in [0.4, 0.5) is 0 Å². The molecular formula is C21H26N2O3S. The summed E-state index contributed by atoms with van der Waals surface area (Å²) in [4.78, 5) is 5.03. The van der Waals surface area contributed by atoms with E-state index in [4.69, 9.17) is 4.74 Å². The first kappa shape index (κ1) is 19.4. The van der Waals surface area contributed by atoms with Crippen LogP contribution in [0.5, 0.6) is 5.75 Å². The van der Waals surface area contributed by atoms with Crippen molar-refractivity contribution in [1.29, 1.82) is 0 Å². The second-order valence-electron chi connectivity index (χ2n) is 7.40. The molecular weight excluding hydrogens is 360 g/mol. The normalized spacial score (nSPS) is 12.9. The van der Waals surface area contributed by atoms with Gasteiger partial charge in [0.05, 0.1) is 23.1 Å². The molecule has 0 bridgehead atoms. The monoisotopic (exact) mass is 386 g/mol. The molecule has 144 valence electrons. The second-order valence-corrected chi connectivity index (χ2v) is 9.41. The Morgan fingerprint density at radius 2 is 1.85 bits per heavy atom. The number of aryl methyl sites for hydroxylation is 1. The molecule has 1 aromatic carbocycles. The summed E-state index contributed by atoms with van der Waals surface area (Å²) in [6.45, 7) is 10.5. The molecule has 0 amide bonds. The van der Waals surface area contributed by atoms with Crippen LogP contribution in [0.15, 0.2) is 41.4 Å². The summed E-state index contributed by atoms with van der Waals surface area (Å²) < 4.78 is 19.8. The van der Waals surface area contributed by atoms with E-state index in [2.05, 4.69) is 18.8 Å². The Bertz CT molecular complexity index is 947. The number of ether oxygens (including phenoxy) is 1. The van der Waals surface area contributed by atoms with E-state index in [-0.39, 0.29) is 5.25 Å². The predicted octanol–water partition coefficient (Wildman–Crippen LogP) is 4.75. The van der Waals surface area contributed by atoms with Crippen LogP contribution in [-0.4, -0.2) is 31.0 Å². The average molecular weight is 387 g/mol. The Morgan fingerprint density at radius 1 is 1.11 bits per heavy atom. The van der Waals surface area contributed by atoms with E-state index in [0.717, 1.165) is 32.1 Å². The van der Waals surface area contributed by atoms with Crippen molar-refractivity contribution < 1.29 is 14.2 Å². The highest BCUT2D eigenvalue weighted by Gasteiger charge is 2.21. The molecule has 0 spiro atoms. The molecule has 2 aliphatic rings. The minimum Gasteiger partial charge on any atom is -0.493 e. The SMILES string of the molecule is Cc1cc(-c2cc(S(=O)C(C)C)ccc2OCC(C)C)c2ccnc-2n1O. The summed E-state index contributed by atoms with van der Waals surface area (Å²) in [5.74, 6) is 1.63. The van der Waals surface area contributed by atoms with Crippen LogP contribution in [0.25, 0.3) is 22.5 Å². The average Bonchev–Trinajstić information content (AvgIpc) is 3.12. The fourth-order valence-corrected chi connectivity index (χ4v) is 3.92. The molecule has 5 nitrogen and oxygen atoms in total. The number of hydrogen-bond acceptors (Lipinski definition) is 4. The largest absolute Gasteiger partial charge is 0.493 e. The second kappa shape index (κ2) is 7.72. The van der Waals surface area contributed by atoms with E-state index in [1.165, 1.54) is 0 Å². The number of aromatic nitrogens is 2. The van der Waals surface area contributed by atoms with Gasteiger partial charge in [0.25, 0.3) is 0 Å². The van der Waals surface area contributed by atoms with Crippen molar-refractivity contribution >= 4 is 10.8 Å². The van der Waals surface area contributed by atoms with Gasteiger partial charge in [-0.1, -0.05) is 27.7 Å². The van der Waals surface area contributed by atoms with Crippen molar-refractivity contribution in [2.45, 2.75) is 44.8 Å². The van der Waals surface area contributed by atoms with Crippen molar-refractivity contribution in [3.63, 3.8) is 0 Å². The predicted molar refractivity (Wildman–Crippen MR) is 108 cm³/mol. The molecule has 6 heteroatoms. The van der Waals surface area contributed by atoms with E-state index in [1.54, 1.807) is 6.20 Å². The molecule has 2 heterocycles. The smallest absolute Gasteiger partial charge is 0.176 e. The van der Waals surface area contributed by atoms with E-state index in [1.807, 2.05) is 51.1 Å². The van der Waals surface area contributed by atoms with Crippen molar-refractivity contribution in [2.75, 3.05) is 6.61 Å². The summed E-state index contributed by atoms with van der Waals surface area (Å²) in [5.41, 5.74) is 3.27. The number of pyridine rings is 1. The summed E-state index contributed by atoms with van der Waals surface area (Å²) in [6.07, 6.45) is 1.67. The van der Waals surface area contributed by atoms with Crippen molar-refractivity contribution in [2.24, 2.45) is 5.92 Å². The lowest BCUT2D eigenvalue weighted by Gasteiger charge is -2.19. The van der Waals surface area contributed by atoms with Gasteiger partial charge >= 0.3 is 0 Å². The lowest BCUT2D eigenvalue weighted by molar-refractivity contribution is 0.180. The first-order chi connectivity index (χ1) is 12.8. The molecule has 0 saturated carbocycles. The molecule has 2 aliphatic heterocycles. The molecule has 0 aromatic heterocycles. The molecule has 1 aromatic rings. The van der Waals surface area contributed by atoms with Crippen LogP contribution in [0.1, 0.15) is 33.4 Å². The molecule has 0 saturated heterocycles. The zero-order valence-corrected chi connectivity index (χ0v) is 17.2. The van der Waals surface area contributed by atoms with Crippen molar-refractivity contribution in [1.82, 2.24) is 9.71 Å². The number of rotatable bonds is 6. The first-order valence-electron chi connectivity index (χ1n) is 9.13. The maximum Gasteiger partial charge on any atom is 0.176 e. The van der Waals surface area contributed by atoms with Crippen LogP contribution in [0.2, 0.25) is 0 Å². The lowest BCUT2D eigenvalue weighted by atomic mass is 9.98. The molecule has 1 N–H and O–H groups in total. The highest BCUT2D eigenvalue weighted by atomic mass is 32.2. The minimum atomic E-state index is -1.10. The highest BCUT2D eigenvalue weighted by molar-refractivity contribution is 7.85. The van der Waals surface area contributed by atoms with Crippen molar-refractivity contribution in [3.05, 3.63) is 42.2 Å². The van der Waals surface area contributed by atoms with Gasteiger partial charge in [0, 0.05) is 27.5 Å². The third-order valence-corrected chi connectivity index (χ3v) is 5.91. The molecule has 1 unspecified atom stereocenters. The first-order valence-corrected chi connectivity index (χ1v) is 10.3. The van der Waals surface area contributed by atoms with Gasteiger partial charge in [-0.3, -0.25) is 4.21 Å². The molecule has 27 heavy (non-hydrogen) atoms.